The third-order valence-corrected chi connectivity index (χ3v) is 6.62. The van der Waals surface area contributed by atoms with Gasteiger partial charge in [-0.25, -0.2) is 4.79 Å². The molecular formula is C25H33N3O4. The first kappa shape index (κ1) is 22.5. The van der Waals surface area contributed by atoms with Crippen LogP contribution in [0.15, 0.2) is 18.2 Å². The Morgan fingerprint density at radius 1 is 1.22 bits per heavy atom. The topological polar surface area (TPSA) is 82.5 Å². The molecule has 1 aromatic heterocycles. The first-order chi connectivity index (χ1) is 15.4. The number of nitrogens with zero attached hydrogens (tertiary/aromatic N) is 2. The van der Waals surface area contributed by atoms with Crippen molar-refractivity contribution in [3.63, 3.8) is 0 Å². The van der Waals surface area contributed by atoms with Crippen molar-refractivity contribution in [1.29, 1.82) is 0 Å². The van der Waals surface area contributed by atoms with Crippen molar-refractivity contribution < 1.29 is 19.1 Å². The molecule has 3 heterocycles. The van der Waals surface area contributed by atoms with Crippen molar-refractivity contribution in [2.75, 3.05) is 26.4 Å². The second kappa shape index (κ2) is 9.45. The van der Waals surface area contributed by atoms with Crippen molar-refractivity contribution >= 4 is 11.9 Å². The zero-order valence-electron chi connectivity index (χ0n) is 19.3. The molecule has 7 nitrogen and oxygen atoms in total. The third kappa shape index (κ3) is 4.72. The number of hydrogen-bond donors (Lipinski definition) is 1. The minimum absolute atomic E-state index is 0.0206. The van der Waals surface area contributed by atoms with E-state index in [-0.39, 0.29) is 17.3 Å². The molecule has 0 saturated carbocycles. The van der Waals surface area contributed by atoms with Crippen molar-refractivity contribution in [3.8, 4) is 0 Å². The number of aromatic nitrogens is 2. The van der Waals surface area contributed by atoms with Gasteiger partial charge >= 0.3 is 5.97 Å². The molecule has 1 amide bonds. The Balaban J connectivity index is 1.45. The van der Waals surface area contributed by atoms with Gasteiger partial charge in [-0.2, -0.15) is 5.10 Å². The maximum Gasteiger partial charge on any atom is 0.338 e. The monoisotopic (exact) mass is 439 g/mol. The second-order valence-electron chi connectivity index (χ2n) is 9.18. The number of ether oxygens (including phenoxy) is 2. The minimum Gasteiger partial charge on any atom is -0.462 e. The van der Waals surface area contributed by atoms with E-state index in [0.29, 0.717) is 38.1 Å². The molecule has 1 saturated heterocycles. The summed E-state index contributed by atoms with van der Waals surface area (Å²) in [6, 6.07) is 5.73. The van der Waals surface area contributed by atoms with Gasteiger partial charge in [0.15, 0.2) is 0 Å². The van der Waals surface area contributed by atoms with Crippen LogP contribution in [0.3, 0.4) is 0 Å². The van der Waals surface area contributed by atoms with Crippen LogP contribution in [0, 0.1) is 19.3 Å². The van der Waals surface area contributed by atoms with Crippen LogP contribution in [0.1, 0.15) is 69.4 Å². The summed E-state index contributed by atoms with van der Waals surface area (Å²) in [6.45, 7) is 9.04. The Labute approximate surface area is 189 Å². The van der Waals surface area contributed by atoms with Gasteiger partial charge in [0.25, 0.3) is 5.91 Å². The smallest absolute Gasteiger partial charge is 0.338 e. The molecule has 1 N–H and O–H groups in total. The van der Waals surface area contributed by atoms with Gasteiger partial charge in [0, 0.05) is 32.7 Å². The Kier molecular flexibility index (Phi) is 6.65. The molecule has 1 spiro atoms. The number of esters is 1. The predicted molar refractivity (Wildman–Crippen MR) is 121 cm³/mol. The molecule has 32 heavy (non-hydrogen) atoms. The van der Waals surface area contributed by atoms with Crippen LogP contribution in [-0.4, -0.2) is 48.0 Å². The average molecular weight is 440 g/mol. The molecule has 2 aliphatic rings. The number of amides is 1. The van der Waals surface area contributed by atoms with Gasteiger partial charge in [-0.05, 0) is 57.1 Å². The zero-order valence-corrected chi connectivity index (χ0v) is 19.3. The molecule has 4 rings (SSSR count). The molecule has 1 fully saturated rings. The number of aryl methyl sites for hydroxylation is 4. The summed E-state index contributed by atoms with van der Waals surface area (Å²) in [6.07, 6.45) is 4.05. The van der Waals surface area contributed by atoms with Crippen LogP contribution in [0.4, 0.5) is 0 Å². The number of nitrogens with one attached hydrogen (secondary N) is 1. The van der Waals surface area contributed by atoms with Gasteiger partial charge in [-0.3, -0.25) is 9.48 Å². The highest BCUT2D eigenvalue weighted by molar-refractivity contribution is 5.97. The maximum atomic E-state index is 12.9. The SMILES string of the molecule is CCc1nn(CCCOC(=O)c2cc(C)cc(C)c2)c2c1C(=O)NCC1(CCOCC1)C2. The predicted octanol–water partition coefficient (Wildman–Crippen LogP) is 3.39. The molecule has 0 unspecified atom stereocenters. The van der Waals surface area contributed by atoms with Crippen LogP contribution < -0.4 is 5.32 Å². The van der Waals surface area contributed by atoms with E-state index in [1.54, 1.807) is 0 Å². The first-order valence-corrected chi connectivity index (χ1v) is 11.6. The van der Waals surface area contributed by atoms with Gasteiger partial charge in [-0.15, -0.1) is 0 Å². The van der Waals surface area contributed by atoms with E-state index in [1.807, 2.05) is 43.7 Å². The molecule has 2 aliphatic heterocycles. The molecule has 0 bridgehead atoms. The number of carbonyl (C=O) groups is 2. The normalized spacial score (nSPS) is 17.5. The Hall–Kier alpha value is -2.67. The fraction of sp³-hybridized carbons (Fsp3) is 0.560. The first-order valence-electron chi connectivity index (χ1n) is 11.6. The van der Waals surface area contributed by atoms with Crippen LogP contribution in [0.5, 0.6) is 0 Å². The lowest BCUT2D eigenvalue weighted by molar-refractivity contribution is 0.0152. The van der Waals surface area contributed by atoms with Gasteiger partial charge in [0.2, 0.25) is 0 Å². The minimum atomic E-state index is -0.300. The highest BCUT2D eigenvalue weighted by Crippen LogP contribution is 2.37. The van der Waals surface area contributed by atoms with Gasteiger partial charge in [-0.1, -0.05) is 24.1 Å². The second-order valence-corrected chi connectivity index (χ2v) is 9.18. The van der Waals surface area contributed by atoms with Crippen LogP contribution in [-0.2, 0) is 28.9 Å². The van der Waals surface area contributed by atoms with Crippen molar-refractivity contribution in [1.82, 2.24) is 15.1 Å². The molecule has 1 aromatic carbocycles. The fourth-order valence-electron chi connectivity index (χ4n) is 4.91. The summed E-state index contributed by atoms with van der Waals surface area (Å²) in [5, 5.41) is 7.90. The number of fused-ring (bicyclic) bond motifs is 1. The maximum absolute atomic E-state index is 12.9. The van der Waals surface area contributed by atoms with Crippen LogP contribution in [0.2, 0.25) is 0 Å². The Morgan fingerprint density at radius 3 is 2.62 bits per heavy atom. The summed E-state index contributed by atoms with van der Waals surface area (Å²) >= 11 is 0. The summed E-state index contributed by atoms with van der Waals surface area (Å²) in [5.41, 5.74) is 5.29. The number of carbonyl (C=O) groups excluding carboxylic acids is 2. The van der Waals surface area contributed by atoms with E-state index >= 15 is 0 Å². The van der Waals surface area contributed by atoms with E-state index < -0.39 is 0 Å². The third-order valence-electron chi connectivity index (χ3n) is 6.62. The average Bonchev–Trinajstić information content (AvgIpc) is 3.05. The largest absolute Gasteiger partial charge is 0.462 e. The highest BCUT2D eigenvalue weighted by atomic mass is 16.5. The van der Waals surface area contributed by atoms with Gasteiger partial charge < -0.3 is 14.8 Å². The number of hydrogen-bond acceptors (Lipinski definition) is 5. The van der Waals surface area contributed by atoms with E-state index in [1.165, 1.54) is 0 Å². The Bertz CT molecular complexity index is 985. The lowest BCUT2D eigenvalue weighted by Gasteiger charge is -2.36. The fourth-order valence-corrected chi connectivity index (χ4v) is 4.91. The molecule has 7 heteroatoms. The van der Waals surface area contributed by atoms with E-state index in [4.69, 9.17) is 14.6 Å². The molecular weight excluding hydrogens is 406 g/mol. The van der Waals surface area contributed by atoms with Crippen LogP contribution >= 0.6 is 0 Å². The van der Waals surface area contributed by atoms with Gasteiger partial charge in [0.1, 0.15) is 0 Å². The molecule has 0 aliphatic carbocycles. The highest BCUT2D eigenvalue weighted by Gasteiger charge is 2.39. The summed E-state index contributed by atoms with van der Waals surface area (Å²) < 4.78 is 13.1. The van der Waals surface area contributed by atoms with Gasteiger partial charge in [0.05, 0.1) is 29.1 Å². The van der Waals surface area contributed by atoms with E-state index in [9.17, 15) is 9.59 Å². The molecule has 0 atom stereocenters. The Morgan fingerprint density at radius 2 is 1.94 bits per heavy atom. The lowest BCUT2D eigenvalue weighted by atomic mass is 9.76. The van der Waals surface area contributed by atoms with E-state index in [0.717, 1.165) is 60.6 Å². The molecule has 2 aromatic rings. The summed E-state index contributed by atoms with van der Waals surface area (Å²) in [7, 11) is 0. The summed E-state index contributed by atoms with van der Waals surface area (Å²) in [5.74, 6) is -0.321. The van der Waals surface area contributed by atoms with Crippen molar-refractivity contribution in [3.05, 3.63) is 51.8 Å². The number of benzene rings is 1. The lowest BCUT2D eigenvalue weighted by Crippen LogP contribution is -2.40. The van der Waals surface area contributed by atoms with Crippen molar-refractivity contribution in [2.24, 2.45) is 5.41 Å². The standard InChI is InChI=1S/C25H33N3O4/c1-4-20-22-21(15-25(16-26-23(22)29)6-10-31-11-7-25)28(27-20)8-5-9-32-24(30)19-13-17(2)12-18(3)14-19/h12-14H,4-11,15-16H2,1-3H3,(H,26,29). The molecule has 172 valence electrons. The van der Waals surface area contributed by atoms with Crippen molar-refractivity contribution in [2.45, 2.75) is 59.4 Å². The quantitative estimate of drug-likeness (QED) is 0.551. The van der Waals surface area contributed by atoms with Crippen LogP contribution in [0.25, 0.3) is 0 Å². The van der Waals surface area contributed by atoms with E-state index in [2.05, 4.69) is 5.32 Å². The number of rotatable bonds is 6. The summed E-state index contributed by atoms with van der Waals surface area (Å²) in [4.78, 5) is 25.3. The zero-order chi connectivity index (χ0) is 22.7. The molecule has 0 radical (unpaired) electrons.